The van der Waals surface area contributed by atoms with Gasteiger partial charge >= 0.3 is 12.0 Å². The maximum atomic E-state index is 14.2. The van der Waals surface area contributed by atoms with Crippen LogP contribution >= 0.6 is 0 Å². The number of rotatable bonds is 4. The van der Waals surface area contributed by atoms with Gasteiger partial charge < -0.3 is 9.84 Å². The third kappa shape index (κ3) is 3.08. The monoisotopic (exact) mass is 311 g/mol. The average molecular weight is 311 g/mol. The summed E-state index contributed by atoms with van der Waals surface area (Å²) in [4.78, 5) is 34.1. The third-order valence-electron chi connectivity index (χ3n) is 2.75. The van der Waals surface area contributed by atoms with Crippen LogP contribution in [-0.4, -0.2) is 35.2 Å². The molecule has 22 heavy (non-hydrogen) atoms. The van der Waals surface area contributed by atoms with Crippen LogP contribution in [0.1, 0.15) is 13.8 Å². The lowest BCUT2D eigenvalue weighted by Crippen LogP contribution is -2.67. The topological polar surface area (TPSA) is 108 Å². The highest BCUT2D eigenvalue weighted by molar-refractivity contribution is 6.12. The molecule has 118 valence electrons. The summed E-state index contributed by atoms with van der Waals surface area (Å²) < 4.78 is 19.5. The van der Waals surface area contributed by atoms with Gasteiger partial charge in [-0.15, -0.1) is 0 Å². The molecular formula is C13H14FN3O5. The van der Waals surface area contributed by atoms with Crippen molar-refractivity contribution in [3.63, 3.8) is 0 Å². The molecule has 3 N–H and O–H groups in total. The van der Waals surface area contributed by atoms with Gasteiger partial charge in [0, 0.05) is 6.07 Å². The van der Waals surface area contributed by atoms with Crippen molar-refractivity contribution >= 4 is 23.6 Å². The van der Waals surface area contributed by atoms with Gasteiger partial charge in [0.05, 0.1) is 11.8 Å². The quantitative estimate of drug-likeness (QED) is 0.704. The van der Waals surface area contributed by atoms with E-state index in [9.17, 15) is 18.8 Å². The molecule has 0 spiro atoms. The molecule has 1 aromatic carbocycles. The lowest BCUT2D eigenvalue weighted by atomic mass is 10.2. The number of hydrogen-bond acceptors (Lipinski definition) is 5. The fourth-order valence-corrected chi connectivity index (χ4v) is 1.95. The molecule has 0 aromatic heterocycles. The number of anilines is 1. The second-order valence-corrected chi connectivity index (χ2v) is 4.82. The summed E-state index contributed by atoms with van der Waals surface area (Å²) in [7, 11) is 0. The van der Waals surface area contributed by atoms with Crippen molar-refractivity contribution in [2.45, 2.75) is 26.0 Å². The van der Waals surface area contributed by atoms with Crippen LogP contribution in [0.25, 0.3) is 0 Å². The number of urea groups is 1. The Balaban J connectivity index is 2.37. The number of carboxylic acids is 1. The van der Waals surface area contributed by atoms with E-state index in [0.29, 0.717) is 5.01 Å². The summed E-state index contributed by atoms with van der Waals surface area (Å²) in [6, 6.07) is 0.971. The molecule has 8 nitrogen and oxygen atoms in total. The van der Waals surface area contributed by atoms with Crippen LogP contribution in [0.3, 0.4) is 0 Å². The molecule has 1 fully saturated rings. The van der Waals surface area contributed by atoms with Crippen LogP contribution in [-0.2, 0) is 9.59 Å². The Morgan fingerprint density at radius 2 is 2.09 bits per heavy atom. The van der Waals surface area contributed by atoms with Crippen LogP contribution in [0.4, 0.5) is 14.9 Å². The summed E-state index contributed by atoms with van der Waals surface area (Å²) >= 11 is 0. The number of nitrogens with zero attached hydrogens (tertiary/aromatic N) is 1. The second-order valence-electron chi connectivity index (χ2n) is 4.82. The van der Waals surface area contributed by atoms with Crippen molar-refractivity contribution in [1.29, 1.82) is 0 Å². The molecule has 9 heteroatoms. The van der Waals surface area contributed by atoms with Gasteiger partial charge in [-0.25, -0.2) is 19.4 Å². The van der Waals surface area contributed by atoms with Crippen LogP contribution in [0.2, 0.25) is 0 Å². The van der Waals surface area contributed by atoms with E-state index in [0.717, 1.165) is 6.07 Å². The smallest absolute Gasteiger partial charge is 0.340 e. The van der Waals surface area contributed by atoms with Crippen LogP contribution in [0.5, 0.6) is 5.75 Å². The van der Waals surface area contributed by atoms with E-state index in [1.54, 1.807) is 13.8 Å². The van der Waals surface area contributed by atoms with Gasteiger partial charge in [-0.1, -0.05) is 0 Å². The van der Waals surface area contributed by atoms with Crippen molar-refractivity contribution in [2.24, 2.45) is 0 Å². The minimum atomic E-state index is -1.77. The van der Waals surface area contributed by atoms with Gasteiger partial charge in [-0.3, -0.25) is 15.1 Å². The lowest BCUT2D eigenvalue weighted by Gasteiger charge is -2.33. The summed E-state index contributed by atoms with van der Waals surface area (Å²) in [5.74, 6) is -3.17. The Morgan fingerprint density at radius 3 is 2.64 bits per heavy atom. The first-order valence-electron chi connectivity index (χ1n) is 6.39. The Morgan fingerprint density at radius 1 is 1.41 bits per heavy atom. The Bertz CT molecular complexity index is 634. The number of halogens is 1. The first kappa shape index (κ1) is 15.5. The highest BCUT2D eigenvalue weighted by atomic mass is 19.1. The van der Waals surface area contributed by atoms with Crippen molar-refractivity contribution in [3.8, 4) is 5.75 Å². The van der Waals surface area contributed by atoms with Gasteiger partial charge in [0.2, 0.25) is 6.04 Å². The Hall–Kier alpha value is -2.84. The van der Waals surface area contributed by atoms with Gasteiger partial charge in [0.15, 0.2) is 5.82 Å². The second kappa shape index (κ2) is 5.88. The van der Waals surface area contributed by atoms with Gasteiger partial charge in [0.25, 0.3) is 5.91 Å². The molecule has 0 radical (unpaired) electrons. The highest BCUT2D eigenvalue weighted by Gasteiger charge is 2.40. The molecule has 2 rings (SSSR count). The van der Waals surface area contributed by atoms with Crippen LogP contribution < -0.4 is 20.5 Å². The third-order valence-corrected chi connectivity index (χ3v) is 2.75. The number of imide groups is 1. The summed E-state index contributed by atoms with van der Waals surface area (Å²) in [6.45, 7) is 3.53. The van der Waals surface area contributed by atoms with E-state index in [2.05, 4.69) is 5.43 Å². The molecule has 1 aliphatic heterocycles. The summed E-state index contributed by atoms with van der Waals surface area (Å²) in [5, 5.41) is 11.6. The zero-order valence-corrected chi connectivity index (χ0v) is 11.8. The molecule has 0 saturated carbocycles. The number of hydrazine groups is 1. The van der Waals surface area contributed by atoms with Crippen LogP contribution in [0.15, 0.2) is 18.2 Å². The zero-order chi connectivity index (χ0) is 16.4. The van der Waals surface area contributed by atoms with E-state index in [1.807, 2.05) is 5.32 Å². The van der Waals surface area contributed by atoms with Gasteiger partial charge in [-0.2, -0.15) is 0 Å². The number of aliphatic carboxylic acids is 1. The molecule has 0 bridgehead atoms. The molecule has 1 heterocycles. The average Bonchev–Trinajstić information content (AvgIpc) is 2.36. The molecule has 1 unspecified atom stereocenters. The fourth-order valence-electron chi connectivity index (χ4n) is 1.95. The first-order chi connectivity index (χ1) is 10.3. The Labute approximate surface area is 124 Å². The molecular weight excluding hydrogens is 297 g/mol. The zero-order valence-electron chi connectivity index (χ0n) is 11.8. The molecule has 1 atom stereocenters. The molecule has 3 amide bonds. The maximum Gasteiger partial charge on any atom is 0.340 e. The number of carbonyl (C=O) groups is 3. The fraction of sp³-hybridized carbons (Fsp3) is 0.308. The molecule has 1 aliphatic rings. The van der Waals surface area contributed by atoms with Crippen molar-refractivity contribution in [3.05, 3.63) is 24.0 Å². The van der Waals surface area contributed by atoms with E-state index in [-0.39, 0.29) is 17.5 Å². The molecule has 1 aromatic rings. The number of nitrogens with one attached hydrogen (secondary N) is 2. The van der Waals surface area contributed by atoms with E-state index < -0.39 is 29.8 Å². The molecule has 0 aliphatic carbocycles. The minimum absolute atomic E-state index is 0.169. The van der Waals surface area contributed by atoms with Crippen molar-refractivity contribution in [2.75, 3.05) is 5.01 Å². The Kier molecular flexibility index (Phi) is 4.15. The summed E-state index contributed by atoms with van der Waals surface area (Å²) in [6.07, 6.45) is -0.169. The van der Waals surface area contributed by atoms with E-state index in [1.165, 1.54) is 12.1 Å². The standard InChI is InChI=1S/C13H14FN3O5/c1-6(2)22-7-3-4-9(8(14)5-7)17-10(12(19)20)11(18)15-13(21)16-17/h3-6,10H,1-2H3,(H,19,20)(H2,15,16,18,21). The first-order valence-corrected chi connectivity index (χ1v) is 6.39. The number of carbonyl (C=O) groups excluding carboxylic acids is 2. The number of amides is 3. The highest BCUT2D eigenvalue weighted by Crippen LogP contribution is 2.26. The van der Waals surface area contributed by atoms with Crippen molar-refractivity contribution in [1.82, 2.24) is 10.7 Å². The predicted molar refractivity (Wildman–Crippen MR) is 72.7 cm³/mol. The van der Waals surface area contributed by atoms with Crippen LogP contribution in [0, 0.1) is 5.82 Å². The SMILES string of the molecule is CC(C)Oc1ccc(N2NC(=O)NC(=O)C2C(=O)O)c(F)c1. The van der Waals surface area contributed by atoms with Gasteiger partial charge in [-0.05, 0) is 26.0 Å². The normalized spacial score (nSPS) is 18.0. The number of ether oxygens (including phenoxy) is 1. The summed E-state index contributed by atoms with van der Waals surface area (Å²) in [5.41, 5.74) is 1.84. The van der Waals surface area contributed by atoms with E-state index in [4.69, 9.17) is 9.84 Å². The maximum absolute atomic E-state index is 14.2. The minimum Gasteiger partial charge on any atom is -0.491 e. The number of hydrogen-bond donors (Lipinski definition) is 3. The van der Waals surface area contributed by atoms with Crippen molar-refractivity contribution < 1.29 is 28.6 Å². The lowest BCUT2D eigenvalue weighted by molar-refractivity contribution is -0.143. The largest absolute Gasteiger partial charge is 0.491 e. The molecule has 1 saturated heterocycles. The number of benzene rings is 1. The predicted octanol–water partition coefficient (Wildman–Crippen LogP) is 0.627. The number of carboxylic acid groups (broad SMARTS) is 1. The van der Waals surface area contributed by atoms with E-state index >= 15 is 0 Å². The van der Waals surface area contributed by atoms with Gasteiger partial charge in [0.1, 0.15) is 5.75 Å².